The summed E-state index contributed by atoms with van der Waals surface area (Å²) in [5.41, 5.74) is -0.599. The van der Waals surface area contributed by atoms with Gasteiger partial charge in [-0.25, -0.2) is 14.6 Å². The highest BCUT2D eigenvalue weighted by Crippen LogP contribution is 2.18. The topological polar surface area (TPSA) is 117 Å². The van der Waals surface area contributed by atoms with Crippen LogP contribution in [0.1, 0.15) is 33.5 Å². The first-order chi connectivity index (χ1) is 7.82. The molecule has 1 rings (SSSR count). The van der Waals surface area contributed by atoms with Gasteiger partial charge in [0.2, 0.25) is 5.91 Å². The number of aryl methyl sites for hydroxylation is 1. The van der Waals surface area contributed by atoms with Gasteiger partial charge in [-0.1, -0.05) is 0 Å². The largest absolute Gasteiger partial charge is 0.478 e. The molecule has 1 aromatic rings. The molecule has 90 valence electrons. The molecule has 0 unspecified atom stereocenters. The van der Waals surface area contributed by atoms with E-state index in [1.54, 1.807) is 0 Å². The second kappa shape index (κ2) is 4.60. The molecule has 0 aliphatic heterocycles. The number of aromatic carboxylic acids is 2. The molecule has 0 saturated heterocycles. The van der Waals surface area contributed by atoms with Crippen LogP contribution in [0.4, 0.5) is 5.69 Å². The number of hydrogen-bond acceptors (Lipinski definition) is 4. The summed E-state index contributed by atoms with van der Waals surface area (Å²) in [6.07, 6.45) is 0. The van der Waals surface area contributed by atoms with E-state index < -0.39 is 29.1 Å². The van der Waals surface area contributed by atoms with Crippen molar-refractivity contribution in [2.24, 2.45) is 0 Å². The lowest BCUT2D eigenvalue weighted by molar-refractivity contribution is -0.114. The average Bonchev–Trinajstić information content (AvgIpc) is 2.19. The second-order valence-electron chi connectivity index (χ2n) is 3.31. The smallest absolute Gasteiger partial charge is 0.355 e. The van der Waals surface area contributed by atoms with Crippen molar-refractivity contribution in [2.75, 3.05) is 5.32 Å². The van der Waals surface area contributed by atoms with E-state index in [1.807, 2.05) is 0 Å². The Labute approximate surface area is 96.1 Å². The van der Waals surface area contributed by atoms with Crippen LogP contribution < -0.4 is 5.32 Å². The molecule has 1 aromatic heterocycles. The monoisotopic (exact) mass is 238 g/mol. The number of aromatic nitrogens is 1. The molecule has 7 nitrogen and oxygen atoms in total. The Balaban J connectivity index is 3.39. The summed E-state index contributed by atoms with van der Waals surface area (Å²) >= 11 is 0. The quantitative estimate of drug-likeness (QED) is 0.715. The Hall–Kier alpha value is -2.44. The maximum absolute atomic E-state index is 10.9. The zero-order chi connectivity index (χ0) is 13.2. The minimum atomic E-state index is -1.43. The number of rotatable bonds is 3. The normalized spacial score (nSPS) is 9.76. The number of nitrogens with one attached hydrogen (secondary N) is 1. The van der Waals surface area contributed by atoms with E-state index in [4.69, 9.17) is 10.2 Å². The third-order valence-electron chi connectivity index (χ3n) is 1.96. The van der Waals surface area contributed by atoms with Gasteiger partial charge in [0.25, 0.3) is 0 Å². The number of carbonyl (C=O) groups is 3. The standard InChI is InChI=1S/C10H10N2O5/c1-4-7(12-5(2)13)3-6(9(14)15)8(11-4)10(16)17/h3H,1-2H3,(H,12,13)(H,14,15)(H,16,17). The van der Waals surface area contributed by atoms with Crippen molar-refractivity contribution in [3.8, 4) is 0 Å². The van der Waals surface area contributed by atoms with Crippen LogP contribution >= 0.6 is 0 Å². The molecule has 0 aromatic carbocycles. The minimum absolute atomic E-state index is 0.180. The van der Waals surface area contributed by atoms with Crippen LogP contribution in [0.25, 0.3) is 0 Å². The van der Waals surface area contributed by atoms with E-state index in [0.717, 1.165) is 6.07 Å². The summed E-state index contributed by atoms with van der Waals surface area (Å²) < 4.78 is 0. The zero-order valence-corrected chi connectivity index (χ0v) is 9.14. The van der Waals surface area contributed by atoms with Gasteiger partial charge in [0.05, 0.1) is 16.9 Å². The lowest BCUT2D eigenvalue weighted by Crippen LogP contribution is -2.15. The fourth-order valence-electron chi connectivity index (χ4n) is 1.25. The van der Waals surface area contributed by atoms with Crippen LogP contribution in [-0.4, -0.2) is 33.0 Å². The Morgan fingerprint density at radius 1 is 1.24 bits per heavy atom. The van der Waals surface area contributed by atoms with Crippen LogP contribution in [-0.2, 0) is 4.79 Å². The summed E-state index contributed by atoms with van der Waals surface area (Å²) in [5, 5.41) is 20.0. The van der Waals surface area contributed by atoms with Gasteiger partial charge >= 0.3 is 11.9 Å². The molecule has 0 atom stereocenters. The Bertz CT molecular complexity index is 510. The van der Waals surface area contributed by atoms with Gasteiger partial charge in [0, 0.05) is 6.92 Å². The molecular weight excluding hydrogens is 228 g/mol. The first-order valence-electron chi connectivity index (χ1n) is 4.58. The molecule has 7 heteroatoms. The molecule has 0 aliphatic rings. The van der Waals surface area contributed by atoms with E-state index in [1.165, 1.54) is 13.8 Å². The summed E-state index contributed by atoms with van der Waals surface area (Å²) in [6.45, 7) is 2.73. The van der Waals surface area contributed by atoms with Crippen molar-refractivity contribution in [2.45, 2.75) is 13.8 Å². The number of anilines is 1. The molecule has 0 saturated carbocycles. The van der Waals surface area contributed by atoms with Crippen molar-refractivity contribution >= 4 is 23.5 Å². The molecule has 0 fully saturated rings. The molecule has 3 N–H and O–H groups in total. The summed E-state index contributed by atoms with van der Waals surface area (Å²) in [7, 11) is 0. The van der Waals surface area contributed by atoms with Crippen LogP contribution in [0.3, 0.4) is 0 Å². The molecule has 0 spiro atoms. The van der Waals surface area contributed by atoms with Crippen molar-refractivity contribution in [1.29, 1.82) is 0 Å². The molecule has 0 aliphatic carbocycles. The van der Waals surface area contributed by atoms with Crippen LogP contribution in [0, 0.1) is 6.92 Å². The molecule has 1 amide bonds. The van der Waals surface area contributed by atoms with E-state index in [2.05, 4.69) is 10.3 Å². The number of carbonyl (C=O) groups excluding carboxylic acids is 1. The third-order valence-corrected chi connectivity index (χ3v) is 1.96. The highest BCUT2D eigenvalue weighted by Gasteiger charge is 2.20. The molecule has 0 radical (unpaired) electrons. The highest BCUT2D eigenvalue weighted by molar-refractivity contribution is 6.02. The summed E-state index contributed by atoms with van der Waals surface area (Å²) in [4.78, 5) is 36.2. The lowest BCUT2D eigenvalue weighted by atomic mass is 10.1. The van der Waals surface area contributed by atoms with Gasteiger partial charge in [-0.15, -0.1) is 0 Å². The zero-order valence-electron chi connectivity index (χ0n) is 9.14. The Morgan fingerprint density at radius 3 is 2.24 bits per heavy atom. The van der Waals surface area contributed by atoms with Crippen molar-refractivity contribution in [3.05, 3.63) is 23.0 Å². The van der Waals surface area contributed by atoms with Gasteiger partial charge in [-0.2, -0.15) is 0 Å². The highest BCUT2D eigenvalue weighted by atomic mass is 16.4. The fourth-order valence-corrected chi connectivity index (χ4v) is 1.25. The van der Waals surface area contributed by atoms with Crippen molar-refractivity contribution < 1.29 is 24.6 Å². The first kappa shape index (κ1) is 12.6. The van der Waals surface area contributed by atoms with E-state index in [0.29, 0.717) is 0 Å². The first-order valence-corrected chi connectivity index (χ1v) is 4.58. The number of pyridine rings is 1. The Kier molecular flexibility index (Phi) is 3.42. The van der Waals surface area contributed by atoms with Crippen molar-refractivity contribution in [3.63, 3.8) is 0 Å². The van der Waals surface area contributed by atoms with Crippen molar-refractivity contribution in [1.82, 2.24) is 4.98 Å². The van der Waals surface area contributed by atoms with Gasteiger partial charge in [0.1, 0.15) is 0 Å². The maximum atomic E-state index is 10.9. The van der Waals surface area contributed by atoms with Gasteiger partial charge < -0.3 is 15.5 Å². The summed E-state index contributed by atoms with van der Waals surface area (Å²) in [6, 6.07) is 1.08. The van der Waals surface area contributed by atoms with Gasteiger partial charge in [-0.3, -0.25) is 4.79 Å². The van der Waals surface area contributed by atoms with Gasteiger partial charge in [-0.05, 0) is 13.0 Å². The van der Waals surface area contributed by atoms with Crippen LogP contribution in [0.15, 0.2) is 6.07 Å². The molecule has 17 heavy (non-hydrogen) atoms. The third kappa shape index (κ3) is 2.77. The Morgan fingerprint density at radius 2 is 1.82 bits per heavy atom. The molecule has 0 bridgehead atoms. The van der Waals surface area contributed by atoms with Crippen LogP contribution in [0.2, 0.25) is 0 Å². The van der Waals surface area contributed by atoms with Crippen LogP contribution in [0.5, 0.6) is 0 Å². The van der Waals surface area contributed by atoms with E-state index in [9.17, 15) is 14.4 Å². The molecular formula is C10H10N2O5. The second-order valence-corrected chi connectivity index (χ2v) is 3.31. The molecule has 1 heterocycles. The predicted molar refractivity (Wildman–Crippen MR) is 57.2 cm³/mol. The maximum Gasteiger partial charge on any atom is 0.355 e. The number of carboxylic acids is 2. The number of nitrogens with zero attached hydrogens (tertiary/aromatic N) is 1. The summed E-state index contributed by atoms with van der Waals surface area (Å²) in [5.74, 6) is -3.24. The lowest BCUT2D eigenvalue weighted by Gasteiger charge is -2.09. The SMILES string of the molecule is CC(=O)Nc1cc(C(=O)O)c(C(=O)O)nc1C. The predicted octanol–water partition coefficient (Wildman–Crippen LogP) is 0.745. The van der Waals surface area contributed by atoms with E-state index >= 15 is 0 Å². The number of amides is 1. The minimum Gasteiger partial charge on any atom is -0.478 e. The number of carboxylic acid groups (broad SMARTS) is 2. The van der Waals surface area contributed by atoms with E-state index in [-0.39, 0.29) is 11.4 Å². The fraction of sp³-hybridized carbons (Fsp3) is 0.200. The van der Waals surface area contributed by atoms with Gasteiger partial charge in [0.15, 0.2) is 5.69 Å². The number of hydrogen-bond donors (Lipinski definition) is 3. The average molecular weight is 238 g/mol.